The van der Waals surface area contributed by atoms with Crippen molar-refractivity contribution in [3.63, 3.8) is 0 Å². The number of aliphatic hydroxyl groups is 1. The fourth-order valence-corrected chi connectivity index (χ4v) is 6.67. The first kappa shape index (κ1) is 22.8. The summed E-state index contributed by atoms with van der Waals surface area (Å²) in [7, 11) is 0. The number of hydrogen-bond donors (Lipinski definition) is 1. The summed E-state index contributed by atoms with van der Waals surface area (Å²) in [6, 6.07) is 0. The van der Waals surface area contributed by atoms with Crippen molar-refractivity contribution in [2.75, 3.05) is 0 Å². The highest BCUT2D eigenvalue weighted by molar-refractivity contribution is 5.29. The molecule has 3 aliphatic carbocycles. The Bertz CT molecular complexity index is 627. The van der Waals surface area contributed by atoms with E-state index in [9.17, 15) is 10.2 Å². The first-order valence-electron chi connectivity index (χ1n) is 12.1. The molecule has 0 saturated heterocycles. The van der Waals surface area contributed by atoms with Crippen LogP contribution >= 0.6 is 0 Å². The second-order valence-corrected chi connectivity index (χ2v) is 11.0. The SMILES string of the molecule is C=C1[C@H]([O-])C/C(=C\C=C2/CCC[C@@]3(C)C2CCC3[C@@H](C)CCCC(C)C)C[C@H]1O. The van der Waals surface area contributed by atoms with E-state index in [-0.39, 0.29) is 0 Å². The number of rotatable bonds is 6. The topological polar surface area (TPSA) is 43.3 Å². The highest BCUT2D eigenvalue weighted by Crippen LogP contribution is 2.59. The molecule has 3 saturated carbocycles. The van der Waals surface area contributed by atoms with Gasteiger partial charge in [-0.1, -0.05) is 88.5 Å². The van der Waals surface area contributed by atoms with Gasteiger partial charge in [-0.25, -0.2) is 0 Å². The molecule has 29 heavy (non-hydrogen) atoms. The van der Waals surface area contributed by atoms with Crippen LogP contribution in [0.15, 0.2) is 35.5 Å². The largest absolute Gasteiger partial charge is 0.848 e. The van der Waals surface area contributed by atoms with Crippen molar-refractivity contribution in [2.45, 2.75) is 104 Å². The summed E-state index contributed by atoms with van der Waals surface area (Å²) < 4.78 is 0. The Hall–Kier alpha value is -0.860. The van der Waals surface area contributed by atoms with Gasteiger partial charge in [0.15, 0.2) is 0 Å². The van der Waals surface area contributed by atoms with Crippen LogP contribution in [0.2, 0.25) is 0 Å². The standard InChI is InChI=1S/C27H43O2/c1-18(2)8-6-9-19(3)23-13-14-24-22(10-7-15-27(23,24)5)12-11-21-16-25(28)20(4)26(29)17-21/h11-12,18-19,23-26,28H,4,6-10,13-17H2,1-3,5H3/q-1/b21-11-,22-12+/t19-,23?,24?,25+,26+,27+/m0/s1. The zero-order chi connectivity index (χ0) is 21.2. The van der Waals surface area contributed by atoms with Gasteiger partial charge in [0.25, 0.3) is 0 Å². The molecule has 0 aliphatic heterocycles. The Morgan fingerprint density at radius 3 is 2.62 bits per heavy atom. The van der Waals surface area contributed by atoms with Gasteiger partial charge in [-0.2, -0.15) is 0 Å². The van der Waals surface area contributed by atoms with E-state index in [1.807, 2.05) is 0 Å². The van der Waals surface area contributed by atoms with Crippen LogP contribution in [0, 0.1) is 29.1 Å². The van der Waals surface area contributed by atoms with Gasteiger partial charge >= 0.3 is 0 Å². The molecular weight excluding hydrogens is 356 g/mol. The van der Waals surface area contributed by atoms with Crippen LogP contribution in [0.1, 0.15) is 91.9 Å². The minimum Gasteiger partial charge on any atom is -0.848 e. The molecule has 0 radical (unpaired) electrons. The van der Waals surface area contributed by atoms with Gasteiger partial charge in [0, 0.05) is 0 Å². The molecule has 0 aromatic rings. The van der Waals surface area contributed by atoms with Gasteiger partial charge in [0.2, 0.25) is 0 Å². The second kappa shape index (κ2) is 9.52. The molecule has 0 amide bonds. The smallest absolute Gasteiger partial charge is 0.0774 e. The summed E-state index contributed by atoms with van der Waals surface area (Å²) in [4.78, 5) is 0. The van der Waals surface area contributed by atoms with E-state index in [1.165, 1.54) is 51.4 Å². The average molecular weight is 400 g/mol. The molecular formula is C27H43O2-. The Balaban J connectivity index is 1.68. The molecule has 2 nitrogen and oxygen atoms in total. The van der Waals surface area contributed by atoms with Gasteiger partial charge < -0.3 is 10.2 Å². The van der Waals surface area contributed by atoms with E-state index >= 15 is 0 Å². The quantitative estimate of drug-likeness (QED) is 0.560. The summed E-state index contributed by atoms with van der Waals surface area (Å²) in [6.07, 6.45) is 14.8. The third-order valence-corrected chi connectivity index (χ3v) is 8.44. The van der Waals surface area contributed by atoms with Gasteiger partial charge in [-0.05, 0) is 74.0 Å². The summed E-state index contributed by atoms with van der Waals surface area (Å²) in [5.41, 5.74) is 3.61. The van der Waals surface area contributed by atoms with Gasteiger partial charge in [0.1, 0.15) is 0 Å². The lowest BCUT2D eigenvalue weighted by Gasteiger charge is -2.44. The van der Waals surface area contributed by atoms with Crippen molar-refractivity contribution in [3.8, 4) is 0 Å². The lowest BCUT2D eigenvalue weighted by Crippen LogP contribution is -2.37. The molecule has 0 heterocycles. The normalized spacial score (nSPS) is 39.3. The molecule has 164 valence electrons. The first-order chi connectivity index (χ1) is 13.7. The van der Waals surface area contributed by atoms with Gasteiger partial charge in [0.05, 0.1) is 6.10 Å². The van der Waals surface area contributed by atoms with Crippen molar-refractivity contribution in [3.05, 3.63) is 35.5 Å². The van der Waals surface area contributed by atoms with Crippen molar-refractivity contribution in [2.24, 2.45) is 29.1 Å². The predicted octanol–water partition coefficient (Wildman–Crippen LogP) is 5.96. The van der Waals surface area contributed by atoms with Crippen molar-refractivity contribution < 1.29 is 10.2 Å². The first-order valence-corrected chi connectivity index (χ1v) is 12.1. The maximum absolute atomic E-state index is 12.1. The summed E-state index contributed by atoms with van der Waals surface area (Å²) in [5.74, 6) is 3.19. The van der Waals surface area contributed by atoms with E-state index in [1.54, 1.807) is 5.57 Å². The summed E-state index contributed by atoms with van der Waals surface area (Å²) in [6.45, 7) is 13.5. The highest BCUT2D eigenvalue weighted by atomic mass is 16.3. The van der Waals surface area contributed by atoms with Gasteiger partial charge in [-0.15, -0.1) is 0 Å². The van der Waals surface area contributed by atoms with Crippen LogP contribution in [0.3, 0.4) is 0 Å². The van der Waals surface area contributed by atoms with Crippen LogP contribution in [0.5, 0.6) is 0 Å². The third-order valence-electron chi connectivity index (χ3n) is 8.44. The number of fused-ring (bicyclic) bond motifs is 1. The molecule has 3 fully saturated rings. The highest BCUT2D eigenvalue weighted by Gasteiger charge is 2.50. The van der Waals surface area contributed by atoms with Crippen molar-refractivity contribution in [1.29, 1.82) is 0 Å². The Kier molecular flexibility index (Phi) is 7.49. The van der Waals surface area contributed by atoms with Crippen molar-refractivity contribution >= 4 is 0 Å². The minimum atomic E-state index is -0.845. The molecule has 3 aliphatic rings. The van der Waals surface area contributed by atoms with E-state index < -0.39 is 12.2 Å². The lowest BCUT2D eigenvalue weighted by molar-refractivity contribution is -0.409. The molecule has 0 aromatic carbocycles. The van der Waals surface area contributed by atoms with Crippen LogP contribution in [-0.4, -0.2) is 17.3 Å². The second-order valence-electron chi connectivity index (χ2n) is 11.0. The zero-order valence-electron chi connectivity index (χ0n) is 19.3. The van der Waals surface area contributed by atoms with Crippen LogP contribution < -0.4 is 5.11 Å². The van der Waals surface area contributed by atoms with E-state index in [0.29, 0.717) is 29.7 Å². The maximum atomic E-state index is 12.1. The molecule has 0 bridgehead atoms. The summed E-state index contributed by atoms with van der Waals surface area (Å²) >= 11 is 0. The zero-order valence-corrected chi connectivity index (χ0v) is 19.3. The predicted molar refractivity (Wildman–Crippen MR) is 120 cm³/mol. The monoisotopic (exact) mass is 399 g/mol. The van der Waals surface area contributed by atoms with E-state index in [2.05, 4.69) is 46.4 Å². The Morgan fingerprint density at radius 1 is 1.17 bits per heavy atom. The molecule has 6 atom stereocenters. The van der Waals surface area contributed by atoms with Crippen molar-refractivity contribution in [1.82, 2.24) is 0 Å². The number of aliphatic hydroxyl groups excluding tert-OH is 1. The van der Waals surface area contributed by atoms with Crippen LogP contribution in [0.4, 0.5) is 0 Å². The molecule has 0 aromatic heterocycles. The van der Waals surface area contributed by atoms with E-state index in [4.69, 9.17) is 0 Å². The molecule has 2 heteroatoms. The maximum Gasteiger partial charge on any atom is 0.0774 e. The van der Waals surface area contributed by atoms with Gasteiger partial charge in [-0.3, -0.25) is 0 Å². The summed E-state index contributed by atoms with van der Waals surface area (Å²) in [5, 5.41) is 22.2. The molecule has 0 spiro atoms. The third kappa shape index (κ3) is 5.07. The fourth-order valence-electron chi connectivity index (χ4n) is 6.67. The van der Waals surface area contributed by atoms with Crippen LogP contribution in [0.25, 0.3) is 0 Å². The number of hydrogen-bond acceptors (Lipinski definition) is 2. The van der Waals surface area contributed by atoms with Crippen LogP contribution in [-0.2, 0) is 0 Å². The molecule has 3 rings (SSSR count). The average Bonchev–Trinajstić information content (AvgIpc) is 3.01. The Labute approximate surface area is 179 Å². The number of allylic oxidation sites excluding steroid dienone is 3. The fraction of sp³-hybridized carbons (Fsp3) is 0.778. The Morgan fingerprint density at radius 2 is 1.93 bits per heavy atom. The minimum absolute atomic E-state index is 0.446. The lowest BCUT2D eigenvalue weighted by atomic mass is 9.60. The molecule has 2 unspecified atom stereocenters. The van der Waals surface area contributed by atoms with E-state index in [0.717, 1.165) is 23.3 Å². The molecule has 1 N–H and O–H groups in total.